The van der Waals surface area contributed by atoms with E-state index in [0.29, 0.717) is 32.5 Å². The number of rotatable bonds is 7. The molecule has 44 heavy (non-hydrogen) atoms. The molecular formula is C33H53N3O8. The fourth-order valence-electron chi connectivity index (χ4n) is 5.73. The molecule has 11 heteroatoms. The smallest absolute Gasteiger partial charge is 0.410 e. The molecule has 3 heterocycles. The predicted molar refractivity (Wildman–Crippen MR) is 167 cm³/mol. The number of aliphatic hydroxyl groups is 2. The van der Waals surface area contributed by atoms with Crippen LogP contribution in [-0.4, -0.2) is 120 Å². The number of hydrogen-bond acceptors (Lipinski definition) is 9. The Kier molecular flexibility index (Phi) is 14.2. The molecule has 0 aromatic rings. The summed E-state index contributed by atoms with van der Waals surface area (Å²) in [5.41, 5.74) is 0.810. The van der Waals surface area contributed by atoms with Gasteiger partial charge < -0.3 is 39.1 Å². The molecule has 2 saturated heterocycles. The van der Waals surface area contributed by atoms with Gasteiger partial charge in [-0.15, -0.1) is 0 Å². The first-order valence-corrected chi connectivity index (χ1v) is 16.1. The lowest BCUT2D eigenvalue weighted by Gasteiger charge is -2.33. The Morgan fingerprint density at radius 2 is 1.82 bits per heavy atom. The van der Waals surface area contributed by atoms with E-state index in [0.717, 1.165) is 31.5 Å². The summed E-state index contributed by atoms with van der Waals surface area (Å²) in [5, 5.41) is 20.0. The Labute approximate surface area is 262 Å². The first-order chi connectivity index (χ1) is 21.0. The van der Waals surface area contributed by atoms with E-state index in [4.69, 9.17) is 14.2 Å². The Bertz CT molecular complexity index is 1040. The summed E-state index contributed by atoms with van der Waals surface area (Å²) in [5.74, 6) is -0.792. The molecule has 3 rings (SSSR count). The van der Waals surface area contributed by atoms with Crippen LogP contribution in [0.3, 0.4) is 0 Å². The Balaban J connectivity index is 1.66. The van der Waals surface area contributed by atoms with Crippen molar-refractivity contribution in [2.24, 2.45) is 17.8 Å². The molecule has 0 saturated carbocycles. The number of cyclic esters (lactones) is 1. The lowest BCUT2D eigenvalue weighted by molar-refractivity contribution is -0.151. The molecule has 2 N–H and O–H groups in total. The van der Waals surface area contributed by atoms with Gasteiger partial charge in [0.25, 0.3) is 0 Å². The highest BCUT2D eigenvalue weighted by Gasteiger charge is 2.30. The highest BCUT2D eigenvalue weighted by atomic mass is 16.6. The zero-order chi connectivity index (χ0) is 32.2. The summed E-state index contributed by atoms with van der Waals surface area (Å²) in [6, 6.07) is -0.174. The van der Waals surface area contributed by atoms with Crippen molar-refractivity contribution in [1.29, 1.82) is 0 Å². The zero-order valence-electron chi connectivity index (χ0n) is 27.1. The predicted octanol–water partition coefficient (Wildman–Crippen LogP) is 3.76. The maximum Gasteiger partial charge on any atom is 0.410 e. The highest BCUT2D eigenvalue weighted by molar-refractivity contribution is 5.70. The normalized spacial score (nSPS) is 31.2. The Morgan fingerprint density at radius 3 is 2.52 bits per heavy atom. The van der Waals surface area contributed by atoms with E-state index in [1.165, 1.54) is 0 Å². The molecule has 0 spiro atoms. The van der Waals surface area contributed by atoms with E-state index in [1.54, 1.807) is 9.80 Å². The number of piperazine rings is 1. The molecule has 3 aliphatic heterocycles. The Morgan fingerprint density at radius 1 is 1.09 bits per heavy atom. The molecule has 248 valence electrons. The summed E-state index contributed by atoms with van der Waals surface area (Å²) in [7, 11) is 2.03. The van der Waals surface area contributed by atoms with Crippen LogP contribution in [0.25, 0.3) is 0 Å². The number of aliphatic hydroxyl groups excluding tert-OH is 2. The van der Waals surface area contributed by atoms with Crippen molar-refractivity contribution in [3.05, 3.63) is 36.0 Å². The number of esters is 1. The fraction of sp³-hybridized carbons (Fsp3) is 0.727. The van der Waals surface area contributed by atoms with Crippen LogP contribution in [-0.2, 0) is 19.0 Å². The maximum absolute atomic E-state index is 13.0. The molecule has 2 amide bonds. The molecule has 0 aromatic carbocycles. The largest absolute Gasteiger partial charge is 0.457 e. The molecule has 0 unspecified atom stereocenters. The lowest BCUT2D eigenvalue weighted by atomic mass is 9.92. The van der Waals surface area contributed by atoms with Gasteiger partial charge in [0.15, 0.2) is 0 Å². The van der Waals surface area contributed by atoms with Gasteiger partial charge >= 0.3 is 18.2 Å². The number of allylic oxidation sites excluding steroid dienone is 2. The third-order valence-corrected chi connectivity index (χ3v) is 8.80. The van der Waals surface area contributed by atoms with E-state index in [-0.39, 0.29) is 49.5 Å². The summed E-state index contributed by atoms with van der Waals surface area (Å²) in [6.45, 7) is 11.3. The second-order valence-electron chi connectivity index (χ2n) is 12.7. The van der Waals surface area contributed by atoms with Crippen LogP contribution < -0.4 is 0 Å². The van der Waals surface area contributed by atoms with Crippen molar-refractivity contribution in [1.82, 2.24) is 14.7 Å². The third-order valence-electron chi connectivity index (χ3n) is 8.80. The Hall–Kier alpha value is -2.89. The van der Waals surface area contributed by atoms with E-state index < -0.39 is 30.4 Å². The van der Waals surface area contributed by atoms with Crippen molar-refractivity contribution < 1.29 is 38.8 Å². The number of carbonyl (C=O) groups excluding carboxylic acids is 3. The monoisotopic (exact) mass is 619 g/mol. The molecule has 0 aliphatic carbocycles. The SMILES string of the molecule is C/C(=C\C=C\[C@@H](C)COC(=O)N1CCC[C@@H]1CO)[C@H]1OC(=O)C[C@@H](O)CC[C@@H](C)[C@@H](OC(=O)N2CCN(C)CC2)/C=C/[C@@H]1C. The average Bonchev–Trinajstić information content (AvgIpc) is 3.48. The fourth-order valence-corrected chi connectivity index (χ4v) is 5.73. The standard InChI is InChI=1S/C33H53N3O8/c1-23(22-42-33(41)36-15-7-10-27(36)21-37)8-6-9-25(3)31-26(4)12-14-29(24(2)11-13-28(38)20-30(39)44-31)43-32(40)35-18-16-34(5)17-19-35/h6,8-9,12,14,23-24,26-29,31,37-38H,7,10-11,13,15-22H2,1-5H3/b8-6+,14-12+,25-9+/t23-,24-,26+,27-,28+,29+,31-/m1/s1. The topological polar surface area (TPSA) is 129 Å². The molecule has 0 aromatic heterocycles. The van der Waals surface area contributed by atoms with Crippen LogP contribution >= 0.6 is 0 Å². The minimum absolute atomic E-state index is 0.0476. The minimum Gasteiger partial charge on any atom is -0.457 e. The molecule has 11 nitrogen and oxygen atoms in total. The number of nitrogens with zero attached hydrogens (tertiary/aromatic N) is 3. The summed E-state index contributed by atoms with van der Waals surface area (Å²) >= 11 is 0. The molecule has 7 atom stereocenters. The van der Waals surface area contributed by atoms with E-state index in [1.807, 2.05) is 65.1 Å². The third kappa shape index (κ3) is 10.9. The van der Waals surface area contributed by atoms with Gasteiger partial charge in [0.05, 0.1) is 31.8 Å². The molecule has 0 bridgehead atoms. The molecular weight excluding hydrogens is 566 g/mol. The lowest BCUT2D eigenvalue weighted by Crippen LogP contribution is -2.48. The molecule has 3 aliphatic rings. The van der Waals surface area contributed by atoms with Crippen molar-refractivity contribution in [3.63, 3.8) is 0 Å². The number of hydrogen-bond donors (Lipinski definition) is 2. The van der Waals surface area contributed by atoms with Gasteiger partial charge in [-0.05, 0) is 57.2 Å². The number of likely N-dealkylation sites (N-methyl/N-ethyl adjacent to an activating group) is 1. The van der Waals surface area contributed by atoms with Crippen molar-refractivity contribution in [2.75, 3.05) is 53.0 Å². The van der Waals surface area contributed by atoms with Gasteiger partial charge in [-0.25, -0.2) is 9.59 Å². The average molecular weight is 620 g/mol. The van der Waals surface area contributed by atoms with Crippen molar-refractivity contribution in [2.45, 2.75) is 84.2 Å². The summed E-state index contributed by atoms with van der Waals surface area (Å²) < 4.78 is 17.3. The molecule has 0 radical (unpaired) electrons. The second-order valence-corrected chi connectivity index (χ2v) is 12.7. The van der Waals surface area contributed by atoms with E-state index in [9.17, 15) is 24.6 Å². The summed E-state index contributed by atoms with van der Waals surface area (Å²) in [4.78, 5) is 43.6. The van der Waals surface area contributed by atoms with Crippen LogP contribution in [0.5, 0.6) is 0 Å². The van der Waals surface area contributed by atoms with Crippen LogP contribution in [0.1, 0.15) is 59.8 Å². The highest BCUT2D eigenvalue weighted by Crippen LogP contribution is 2.25. The van der Waals surface area contributed by atoms with Gasteiger partial charge in [-0.2, -0.15) is 0 Å². The quantitative estimate of drug-likeness (QED) is 0.189. The van der Waals surface area contributed by atoms with Crippen molar-refractivity contribution in [3.8, 4) is 0 Å². The summed E-state index contributed by atoms with van der Waals surface area (Å²) in [6.07, 6.45) is 9.35. The molecule has 2 fully saturated rings. The number of ether oxygens (including phenoxy) is 3. The zero-order valence-corrected chi connectivity index (χ0v) is 27.1. The van der Waals surface area contributed by atoms with Crippen LogP contribution in [0.2, 0.25) is 0 Å². The van der Waals surface area contributed by atoms with Crippen molar-refractivity contribution >= 4 is 18.2 Å². The van der Waals surface area contributed by atoms with Crippen LogP contribution in [0.4, 0.5) is 9.59 Å². The van der Waals surface area contributed by atoms with E-state index in [2.05, 4.69) is 4.90 Å². The van der Waals surface area contributed by atoms with Gasteiger partial charge in [-0.1, -0.05) is 45.1 Å². The minimum atomic E-state index is -0.848. The number of likely N-dealkylation sites (tertiary alicyclic amines) is 1. The second kappa shape index (κ2) is 17.6. The van der Waals surface area contributed by atoms with Gasteiger partial charge in [0, 0.05) is 44.6 Å². The van der Waals surface area contributed by atoms with Gasteiger partial charge in [0.1, 0.15) is 12.2 Å². The van der Waals surface area contributed by atoms with Crippen LogP contribution in [0, 0.1) is 17.8 Å². The van der Waals surface area contributed by atoms with E-state index >= 15 is 0 Å². The van der Waals surface area contributed by atoms with Gasteiger partial charge in [-0.3, -0.25) is 4.79 Å². The van der Waals surface area contributed by atoms with Gasteiger partial charge in [0.2, 0.25) is 0 Å². The van der Waals surface area contributed by atoms with Crippen LogP contribution in [0.15, 0.2) is 36.0 Å². The number of carbonyl (C=O) groups is 3. The first-order valence-electron chi connectivity index (χ1n) is 16.1. The maximum atomic E-state index is 13.0. The first kappa shape index (κ1) is 35.6. The number of amides is 2.